The van der Waals surface area contributed by atoms with E-state index in [4.69, 9.17) is 16.3 Å². The summed E-state index contributed by atoms with van der Waals surface area (Å²) in [6, 6.07) is 18.7. The van der Waals surface area contributed by atoms with Crippen LogP contribution in [0, 0.1) is 6.92 Å². The summed E-state index contributed by atoms with van der Waals surface area (Å²) in [4.78, 5) is 11.1. The van der Waals surface area contributed by atoms with Crippen molar-refractivity contribution in [2.45, 2.75) is 6.92 Å². The maximum Gasteiger partial charge on any atom is 0.238 e. The molecular formula is C20H15ClN2O2. The van der Waals surface area contributed by atoms with E-state index in [1.807, 2.05) is 55.5 Å². The standard InChI is InChI=1S/C20H15ClN2O2/c1-14-3-2-4-16(13-14)18(11-12-24)15-5-7-17(8-6-15)25-20-10-9-19(21)22-23-20/h2-13H,1H3/b18-11-. The molecule has 0 atom stereocenters. The molecule has 5 heteroatoms. The molecule has 4 nitrogen and oxygen atoms in total. The number of hydrogen-bond acceptors (Lipinski definition) is 4. The minimum Gasteiger partial charge on any atom is -0.438 e. The Morgan fingerprint density at radius 3 is 2.44 bits per heavy atom. The van der Waals surface area contributed by atoms with Gasteiger partial charge in [0.2, 0.25) is 5.88 Å². The SMILES string of the molecule is Cc1cccc(/C(=C\C=O)c2ccc(Oc3ccc(Cl)nn3)cc2)c1. The molecule has 1 aromatic heterocycles. The van der Waals surface area contributed by atoms with E-state index in [1.165, 1.54) is 0 Å². The third-order valence-corrected chi connectivity index (χ3v) is 3.76. The molecule has 0 N–H and O–H groups in total. The van der Waals surface area contributed by atoms with Gasteiger partial charge in [-0.15, -0.1) is 10.2 Å². The fourth-order valence-electron chi connectivity index (χ4n) is 2.42. The quantitative estimate of drug-likeness (QED) is 0.487. The first kappa shape index (κ1) is 16.9. The molecular weight excluding hydrogens is 336 g/mol. The number of rotatable bonds is 5. The lowest BCUT2D eigenvalue weighted by Gasteiger charge is -2.10. The number of halogens is 1. The molecule has 25 heavy (non-hydrogen) atoms. The summed E-state index contributed by atoms with van der Waals surface area (Å²) >= 11 is 5.71. The average Bonchev–Trinajstić information content (AvgIpc) is 2.62. The number of allylic oxidation sites excluding steroid dienone is 1. The summed E-state index contributed by atoms with van der Waals surface area (Å²) < 4.78 is 5.63. The minimum absolute atomic E-state index is 0.310. The number of aryl methyl sites for hydroxylation is 1. The van der Waals surface area contributed by atoms with Gasteiger partial charge in [0.25, 0.3) is 0 Å². The first-order chi connectivity index (χ1) is 12.2. The maximum absolute atomic E-state index is 11.1. The second-order valence-electron chi connectivity index (χ2n) is 5.41. The summed E-state index contributed by atoms with van der Waals surface area (Å²) in [5.74, 6) is 0.981. The number of aromatic nitrogens is 2. The number of carbonyl (C=O) groups excluding carboxylic acids is 1. The molecule has 0 spiro atoms. The van der Waals surface area contributed by atoms with E-state index in [0.29, 0.717) is 16.8 Å². The number of aldehydes is 1. The molecule has 3 rings (SSSR count). The molecule has 0 saturated heterocycles. The molecule has 0 bridgehead atoms. The first-order valence-electron chi connectivity index (χ1n) is 7.66. The van der Waals surface area contributed by atoms with Crippen molar-refractivity contribution in [2.75, 3.05) is 0 Å². The molecule has 3 aromatic rings. The van der Waals surface area contributed by atoms with Crippen molar-refractivity contribution < 1.29 is 9.53 Å². The van der Waals surface area contributed by atoms with Crippen LogP contribution in [-0.2, 0) is 4.79 Å². The number of hydrogen-bond donors (Lipinski definition) is 0. The maximum atomic E-state index is 11.1. The van der Waals surface area contributed by atoms with Crippen molar-refractivity contribution >= 4 is 23.5 Å². The van der Waals surface area contributed by atoms with Gasteiger partial charge in [0.1, 0.15) is 12.0 Å². The van der Waals surface area contributed by atoms with E-state index in [2.05, 4.69) is 10.2 Å². The predicted molar refractivity (Wildman–Crippen MR) is 97.9 cm³/mol. The Hall–Kier alpha value is -2.98. The van der Waals surface area contributed by atoms with Crippen LogP contribution < -0.4 is 4.74 Å². The van der Waals surface area contributed by atoms with E-state index in [-0.39, 0.29) is 0 Å². The minimum atomic E-state index is 0.310. The van der Waals surface area contributed by atoms with Crippen LogP contribution in [0.3, 0.4) is 0 Å². The fourth-order valence-corrected chi connectivity index (χ4v) is 2.52. The molecule has 1 heterocycles. The van der Waals surface area contributed by atoms with Crippen LogP contribution in [-0.4, -0.2) is 16.5 Å². The van der Waals surface area contributed by atoms with Crippen LogP contribution in [0.25, 0.3) is 5.57 Å². The van der Waals surface area contributed by atoms with Gasteiger partial charge < -0.3 is 4.74 Å². The van der Waals surface area contributed by atoms with Gasteiger partial charge in [0.15, 0.2) is 5.15 Å². The second-order valence-corrected chi connectivity index (χ2v) is 5.79. The molecule has 0 amide bonds. The summed E-state index contributed by atoms with van der Waals surface area (Å²) in [6.07, 6.45) is 2.36. The highest BCUT2D eigenvalue weighted by molar-refractivity contribution is 6.29. The number of ether oxygens (including phenoxy) is 1. The molecule has 124 valence electrons. The summed E-state index contributed by atoms with van der Waals surface area (Å²) in [5.41, 5.74) is 3.91. The lowest BCUT2D eigenvalue weighted by Crippen LogP contribution is -1.92. The van der Waals surface area contributed by atoms with Crippen molar-refractivity contribution in [3.8, 4) is 11.6 Å². The highest BCUT2D eigenvalue weighted by atomic mass is 35.5. The molecule has 0 unspecified atom stereocenters. The van der Waals surface area contributed by atoms with Crippen molar-refractivity contribution in [1.29, 1.82) is 0 Å². The van der Waals surface area contributed by atoms with Crippen LogP contribution in [0.1, 0.15) is 16.7 Å². The summed E-state index contributed by atoms with van der Waals surface area (Å²) in [6.45, 7) is 2.02. The molecule has 0 aliphatic carbocycles. The average molecular weight is 351 g/mol. The molecule has 0 radical (unpaired) electrons. The number of benzene rings is 2. The Balaban J connectivity index is 1.85. The Kier molecular flexibility index (Phi) is 5.21. The van der Waals surface area contributed by atoms with Gasteiger partial charge in [-0.05, 0) is 47.9 Å². The van der Waals surface area contributed by atoms with Crippen molar-refractivity contribution in [1.82, 2.24) is 10.2 Å². The van der Waals surface area contributed by atoms with Crippen molar-refractivity contribution in [3.05, 3.63) is 88.6 Å². The highest BCUT2D eigenvalue weighted by Crippen LogP contribution is 2.27. The highest BCUT2D eigenvalue weighted by Gasteiger charge is 2.07. The fraction of sp³-hybridized carbons (Fsp3) is 0.0500. The van der Waals surface area contributed by atoms with Crippen LogP contribution in [0.5, 0.6) is 11.6 Å². The Bertz CT molecular complexity index is 904. The van der Waals surface area contributed by atoms with Gasteiger partial charge in [0, 0.05) is 6.07 Å². The molecule has 0 aliphatic heterocycles. The second kappa shape index (κ2) is 7.73. The third kappa shape index (κ3) is 4.31. The molecule has 0 saturated carbocycles. The normalized spacial score (nSPS) is 11.2. The topological polar surface area (TPSA) is 52.1 Å². The predicted octanol–water partition coefficient (Wildman–Crippen LogP) is 4.86. The van der Waals surface area contributed by atoms with Gasteiger partial charge >= 0.3 is 0 Å². The van der Waals surface area contributed by atoms with Crippen LogP contribution in [0.15, 0.2) is 66.7 Å². The van der Waals surface area contributed by atoms with Gasteiger partial charge in [-0.1, -0.05) is 53.6 Å². The van der Waals surface area contributed by atoms with E-state index >= 15 is 0 Å². The zero-order chi connectivity index (χ0) is 17.6. The van der Waals surface area contributed by atoms with Crippen LogP contribution in [0.4, 0.5) is 0 Å². The lowest BCUT2D eigenvalue weighted by atomic mass is 9.96. The van der Waals surface area contributed by atoms with E-state index in [0.717, 1.165) is 28.5 Å². The Morgan fingerprint density at radius 2 is 1.80 bits per heavy atom. The number of nitrogens with zero attached hydrogens (tertiary/aromatic N) is 2. The van der Waals surface area contributed by atoms with Crippen LogP contribution >= 0.6 is 11.6 Å². The number of carbonyl (C=O) groups is 1. The van der Waals surface area contributed by atoms with E-state index in [9.17, 15) is 4.79 Å². The van der Waals surface area contributed by atoms with Gasteiger partial charge in [-0.2, -0.15) is 0 Å². The van der Waals surface area contributed by atoms with E-state index < -0.39 is 0 Å². The third-order valence-electron chi connectivity index (χ3n) is 3.56. The Labute approximate surface area is 150 Å². The molecule has 0 aliphatic rings. The Morgan fingerprint density at radius 1 is 1.00 bits per heavy atom. The largest absolute Gasteiger partial charge is 0.438 e. The van der Waals surface area contributed by atoms with Gasteiger partial charge in [-0.3, -0.25) is 4.79 Å². The molecule has 2 aromatic carbocycles. The summed E-state index contributed by atoms with van der Waals surface area (Å²) in [5, 5.41) is 7.90. The first-order valence-corrected chi connectivity index (χ1v) is 8.03. The summed E-state index contributed by atoms with van der Waals surface area (Å²) in [7, 11) is 0. The monoisotopic (exact) mass is 350 g/mol. The van der Waals surface area contributed by atoms with Crippen molar-refractivity contribution in [2.24, 2.45) is 0 Å². The van der Waals surface area contributed by atoms with Crippen LogP contribution in [0.2, 0.25) is 5.15 Å². The lowest BCUT2D eigenvalue weighted by molar-refractivity contribution is -0.104. The van der Waals surface area contributed by atoms with Gasteiger partial charge in [0.05, 0.1) is 0 Å². The van der Waals surface area contributed by atoms with E-state index in [1.54, 1.807) is 18.2 Å². The zero-order valence-electron chi connectivity index (χ0n) is 13.5. The zero-order valence-corrected chi connectivity index (χ0v) is 14.3. The van der Waals surface area contributed by atoms with Crippen molar-refractivity contribution in [3.63, 3.8) is 0 Å². The smallest absolute Gasteiger partial charge is 0.238 e. The van der Waals surface area contributed by atoms with Gasteiger partial charge in [-0.25, -0.2) is 0 Å². The molecule has 0 fully saturated rings.